The average Bonchev–Trinajstić information content (AvgIpc) is 2.12. The van der Waals surface area contributed by atoms with Gasteiger partial charge in [-0.25, -0.2) is 0 Å². The van der Waals surface area contributed by atoms with E-state index < -0.39 is 13.7 Å². The first-order chi connectivity index (χ1) is 6.52. The van der Waals surface area contributed by atoms with Crippen molar-refractivity contribution in [1.29, 1.82) is 0 Å². The van der Waals surface area contributed by atoms with Gasteiger partial charge in [-0.1, -0.05) is 26.2 Å². The second-order valence-electron chi connectivity index (χ2n) is 3.77. The van der Waals surface area contributed by atoms with Crippen LogP contribution in [-0.4, -0.2) is 41.1 Å². The number of hydrogen-bond acceptors (Lipinski definition) is 3. The molecule has 0 saturated heterocycles. The lowest BCUT2D eigenvalue weighted by molar-refractivity contribution is 0.306. The summed E-state index contributed by atoms with van der Waals surface area (Å²) < 4.78 is 11.1. The van der Waals surface area contributed by atoms with Crippen LogP contribution in [0.1, 0.15) is 32.6 Å². The Bertz CT molecular complexity index is 187. The molecule has 0 amide bonds. The molecule has 86 valence electrons. The van der Waals surface area contributed by atoms with Gasteiger partial charge in [0, 0.05) is 0 Å². The SMILES string of the molecule is CCCCCCN(C)CP(=O)(O)CO. The minimum absolute atomic E-state index is 0.0929. The second-order valence-corrected chi connectivity index (χ2v) is 6.03. The first kappa shape index (κ1) is 14.1. The van der Waals surface area contributed by atoms with Crippen LogP contribution in [-0.2, 0) is 4.57 Å². The van der Waals surface area contributed by atoms with Crippen molar-refractivity contribution < 1.29 is 14.6 Å². The third-order valence-electron chi connectivity index (χ3n) is 2.08. The molecule has 0 aromatic carbocycles. The normalized spacial score (nSPS) is 15.8. The first-order valence-corrected chi connectivity index (χ1v) is 7.15. The van der Waals surface area contributed by atoms with E-state index in [0.29, 0.717) is 0 Å². The minimum Gasteiger partial charge on any atom is -0.386 e. The van der Waals surface area contributed by atoms with Crippen LogP contribution >= 0.6 is 7.37 Å². The smallest absolute Gasteiger partial charge is 0.238 e. The quantitative estimate of drug-likeness (QED) is 0.485. The van der Waals surface area contributed by atoms with Gasteiger partial charge in [0.1, 0.15) is 6.35 Å². The molecule has 1 atom stereocenters. The highest BCUT2D eigenvalue weighted by Gasteiger charge is 2.18. The van der Waals surface area contributed by atoms with Gasteiger partial charge < -0.3 is 10.00 Å². The van der Waals surface area contributed by atoms with Crippen LogP contribution in [0.3, 0.4) is 0 Å². The molecular formula is C9H22NO3P. The second kappa shape index (κ2) is 7.41. The Morgan fingerprint density at radius 2 is 1.93 bits per heavy atom. The zero-order valence-corrected chi connectivity index (χ0v) is 10.0. The van der Waals surface area contributed by atoms with Crippen LogP contribution in [0.5, 0.6) is 0 Å². The molecule has 0 rings (SSSR count). The summed E-state index contributed by atoms with van der Waals surface area (Å²) in [6.07, 6.45) is 4.09. The van der Waals surface area contributed by atoms with Crippen LogP contribution in [0.15, 0.2) is 0 Å². The van der Waals surface area contributed by atoms with Crippen molar-refractivity contribution in [1.82, 2.24) is 4.90 Å². The Morgan fingerprint density at radius 1 is 1.29 bits per heavy atom. The van der Waals surface area contributed by atoms with Gasteiger partial charge in [0.15, 0.2) is 0 Å². The molecule has 0 bridgehead atoms. The molecule has 0 aliphatic carbocycles. The minimum atomic E-state index is -3.30. The van der Waals surface area contributed by atoms with E-state index in [9.17, 15) is 4.57 Å². The number of hydrogen-bond donors (Lipinski definition) is 2. The summed E-state index contributed by atoms with van der Waals surface area (Å²) in [7, 11) is -1.49. The third kappa shape index (κ3) is 7.51. The monoisotopic (exact) mass is 223 g/mol. The molecule has 1 unspecified atom stereocenters. The van der Waals surface area contributed by atoms with E-state index in [0.717, 1.165) is 19.4 Å². The van der Waals surface area contributed by atoms with E-state index in [2.05, 4.69) is 6.92 Å². The van der Waals surface area contributed by atoms with Crippen molar-refractivity contribution in [2.45, 2.75) is 32.6 Å². The molecule has 0 heterocycles. The molecule has 4 nitrogen and oxygen atoms in total. The summed E-state index contributed by atoms with van der Waals surface area (Å²) >= 11 is 0. The topological polar surface area (TPSA) is 60.8 Å². The van der Waals surface area contributed by atoms with Gasteiger partial charge in [-0.2, -0.15) is 0 Å². The van der Waals surface area contributed by atoms with Crippen LogP contribution in [0, 0.1) is 0 Å². The standard InChI is InChI=1S/C9H22NO3P/c1-3-4-5-6-7-10(2)8-14(12,13)9-11/h11H,3-9H2,1-2H3,(H,12,13). The summed E-state index contributed by atoms with van der Waals surface area (Å²) in [5.74, 6) is 0. The maximum absolute atomic E-state index is 11.1. The predicted octanol–water partition coefficient (Wildman–Crippen LogP) is 1.68. The van der Waals surface area contributed by atoms with Gasteiger partial charge in [-0.15, -0.1) is 0 Å². The lowest BCUT2D eigenvalue weighted by Gasteiger charge is -2.18. The van der Waals surface area contributed by atoms with Gasteiger partial charge in [-0.3, -0.25) is 9.46 Å². The molecule has 2 N–H and O–H groups in total. The van der Waals surface area contributed by atoms with E-state index in [1.54, 1.807) is 0 Å². The molecule has 0 saturated carbocycles. The summed E-state index contributed by atoms with van der Waals surface area (Å²) in [4.78, 5) is 11.0. The fourth-order valence-electron chi connectivity index (χ4n) is 1.30. The lowest BCUT2D eigenvalue weighted by Crippen LogP contribution is -2.21. The first-order valence-electron chi connectivity index (χ1n) is 5.12. The molecule has 0 aromatic rings. The average molecular weight is 223 g/mol. The summed E-state index contributed by atoms with van der Waals surface area (Å²) in [5.41, 5.74) is 0. The van der Waals surface area contributed by atoms with E-state index in [1.807, 2.05) is 11.9 Å². The molecule has 5 heteroatoms. The Hall–Kier alpha value is 0.110. The van der Waals surface area contributed by atoms with Gasteiger partial charge in [0.2, 0.25) is 7.37 Å². The fourth-order valence-corrected chi connectivity index (χ4v) is 2.29. The Morgan fingerprint density at radius 3 is 2.43 bits per heavy atom. The number of nitrogens with zero attached hydrogens (tertiary/aromatic N) is 1. The molecule has 0 spiro atoms. The number of unbranched alkanes of at least 4 members (excludes halogenated alkanes) is 3. The van der Waals surface area contributed by atoms with E-state index in [4.69, 9.17) is 10.00 Å². The van der Waals surface area contributed by atoms with Crippen molar-refractivity contribution in [2.75, 3.05) is 26.2 Å². The summed E-state index contributed by atoms with van der Waals surface area (Å²) in [6, 6.07) is 0. The van der Waals surface area contributed by atoms with Crippen molar-refractivity contribution in [3.63, 3.8) is 0 Å². The van der Waals surface area contributed by atoms with E-state index in [-0.39, 0.29) is 6.29 Å². The van der Waals surface area contributed by atoms with Crippen LogP contribution in [0.25, 0.3) is 0 Å². The summed E-state index contributed by atoms with van der Waals surface area (Å²) in [6.45, 7) is 2.97. The van der Waals surface area contributed by atoms with Crippen LogP contribution in [0.4, 0.5) is 0 Å². The van der Waals surface area contributed by atoms with Gasteiger partial charge >= 0.3 is 0 Å². The largest absolute Gasteiger partial charge is 0.386 e. The molecular weight excluding hydrogens is 201 g/mol. The lowest BCUT2D eigenvalue weighted by atomic mass is 10.2. The predicted molar refractivity (Wildman–Crippen MR) is 58.6 cm³/mol. The van der Waals surface area contributed by atoms with Crippen molar-refractivity contribution >= 4 is 7.37 Å². The zero-order valence-electron chi connectivity index (χ0n) is 9.15. The van der Waals surface area contributed by atoms with Crippen molar-refractivity contribution in [2.24, 2.45) is 0 Å². The highest BCUT2D eigenvalue weighted by atomic mass is 31.2. The highest BCUT2D eigenvalue weighted by Crippen LogP contribution is 2.38. The Balaban J connectivity index is 3.55. The highest BCUT2D eigenvalue weighted by molar-refractivity contribution is 7.57. The van der Waals surface area contributed by atoms with Gasteiger partial charge in [0.05, 0.1) is 6.29 Å². The Labute approximate surface area is 86.4 Å². The maximum Gasteiger partial charge on any atom is 0.238 e. The molecule has 0 fully saturated rings. The third-order valence-corrected chi connectivity index (χ3v) is 3.44. The van der Waals surface area contributed by atoms with Gasteiger partial charge in [-0.05, 0) is 20.0 Å². The molecule has 0 aliphatic heterocycles. The van der Waals surface area contributed by atoms with E-state index in [1.165, 1.54) is 12.8 Å². The van der Waals surface area contributed by atoms with Crippen LogP contribution < -0.4 is 0 Å². The number of rotatable bonds is 8. The van der Waals surface area contributed by atoms with Gasteiger partial charge in [0.25, 0.3) is 0 Å². The molecule has 0 radical (unpaired) electrons. The molecule has 14 heavy (non-hydrogen) atoms. The van der Waals surface area contributed by atoms with E-state index >= 15 is 0 Å². The van der Waals surface area contributed by atoms with Crippen molar-refractivity contribution in [3.05, 3.63) is 0 Å². The number of aliphatic hydroxyl groups is 1. The fraction of sp³-hybridized carbons (Fsp3) is 1.00. The maximum atomic E-state index is 11.1. The molecule has 0 aromatic heterocycles. The Kier molecular flexibility index (Phi) is 7.47. The number of aliphatic hydroxyl groups excluding tert-OH is 1. The molecule has 0 aliphatic rings. The van der Waals surface area contributed by atoms with Crippen LogP contribution in [0.2, 0.25) is 0 Å². The zero-order chi connectivity index (χ0) is 11.0. The summed E-state index contributed by atoms with van der Waals surface area (Å²) in [5, 5.41) is 8.61. The van der Waals surface area contributed by atoms with Crippen molar-refractivity contribution in [3.8, 4) is 0 Å².